The molecule has 0 amide bonds. The number of aromatic nitrogens is 1. The average molecular weight is 707 g/mol. The molecule has 0 aliphatic rings. The Balaban J connectivity index is 1.11. The van der Waals surface area contributed by atoms with E-state index in [1.54, 1.807) is 0 Å². The van der Waals surface area contributed by atoms with Gasteiger partial charge in [-0.25, -0.2) is 0 Å². The number of rotatable bonds is 8. The molecule has 0 saturated heterocycles. The maximum Gasteiger partial charge on any atom is 0.143 e. The van der Waals surface area contributed by atoms with E-state index in [2.05, 4.69) is 143 Å². The highest BCUT2D eigenvalue weighted by molar-refractivity contribution is 6.28. The van der Waals surface area contributed by atoms with Gasteiger partial charge in [-0.15, -0.1) is 0 Å². The van der Waals surface area contributed by atoms with E-state index in [1.807, 2.05) is 73.1 Å². The second kappa shape index (κ2) is 13.8. The van der Waals surface area contributed by atoms with Crippen LogP contribution in [0.2, 0.25) is 0 Å². The maximum absolute atomic E-state index is 6.95. The summed E-state index contributed by atoms with van der Waals surface area (Å²) in [7, 11) is 0. The van der Waals surface area contributed by atoms with E-state index in [1.165, 1.54) is 16.2 Å². The SMILES string of the molecule is c1ccc(Oc2ccc(N(c3ccc(-c4ccncc4)cc3)c3ccc(-c4c(-c5ccccc5)oc5c6ccccc6c6ccccc6c45)cc3)cc2)cc1. The summed E-state index contributed by atoms with van der Waals surface area (Å²) in [5.41, 5.74) is 9.46. The Kier molecular flexibility index (Phi) is 8.12. The summed E-state index contributed by atoms with van der Waals surface area (Å²) in [5, 5.41) is 5.81. The molecule has 10 rings (SSSR count). The summed E-state index contributed by atoms with van der Waals surface area (Å²) >= 11 is 0. The van der Waals surface area contributed by atoms with Gasteiger partial charge in [0.1, 0.15) is 22.8 Å². The fourth-order valence-corrected chi connectivity index (χ4v) is 7.66. The molecular formula is C51H34N2O2. The zero-order chi connectivity index (χ0) is 36.6. The summed E-state index contributed by atoms with van der Waals surface area (Å²) in [6, 6.07) is 67.4. The van der Waals surface area contributed by atoms with Crippen LogP contribution in [0.25, 0.3) is 66.1 Å². The number of hydrogen-bond acceptors (Lipinski definition) is 4. The summed E-state index contributed by atoms with van der Waals surface area (Å²) in [6.07, 6.45) is 3.65. The molecule has 55 heavy (non-hydrogen) atoms. The number of benzene rings is 8. The van der Waals surface area contributed by atoms with E-state index in [4.69, 9.17) is 9.15 Å². The van der Waals surface area contributed by atoms with E-state index in [0.717, 1.165) is 78.5 Å². The second-order valence-electron chi connectivity index (χ2n) is 13.5. The van der Waals surface area contributed by atoms with Gasteiger partial charge in [0.2, 0.25) is 0 Å². The van der Waals surface area contributed by atoms with Crippen LogP contribution in [0.1, 0.15) is 0 Å². The van der Waals surface area contributed by atoms with Crippen molar-refractivity contribution in [2.75, 3.05) is 4.90 Å². The van der Waals surface area contributed by atoms with Crippen molar-refractivity contribution in [3.63, 3.8) is 0 Å². The minimum atomic E-state index is 0.776. The lowest BCUT2D eigenvalue weighted by atomic mass is 9.92. The van der Waals surface area contributed by atoms with Crippen LogP contribution >= 0.6 is 0 Å². The quantitative estimate of drug-likeness (QED) is 0.147. The Morgan fingerprint density at radius 1 is 0.382 bits per heavy atom. The van der Waals surface area contributed by atoms with Gasteiger partial charge in [0, 0.05) is 51.4 Å². The van der Waals surface area contributed by atoms with Gasteiger partial charge in [0.25, 0.3) is 0 Å². The van der Waals surface area contributed by atoms with E-state index in [-0.39, 0.29) is 0 Å². The predicted octanol–water partition coefficient (Wildman–Crippen LogP) is 14.4. The molecule has 0 saturated carbocycles. The van der Waals surface area contributed by atoms with Gasteiger partial charge in [0.05, 0.1) is 0 Å². The summed E-state index contributed by atoms with van der Waals surface area (Å²) < 4.78 is 13.1. The molecule has 0 unspecified atom stereocenters. The molecule has 0 bridgehead atoms. The van der Waals surface area contributed by atoms with Crippen molar-refractivity contribution in [1.29, 1.82) is 0 Å². The third-order valence-corrected chi connectivity index (χ3v) is 10.2. The van der Waals surface area contributed by atoms with Gasteiger partial charge in [-0.3, -0.25) is 4.98 Å². The summed E-state index contributed by atoms with van der Waals surface area (Å²) in [4.78, 5) is 6.48. The molecule has 10 aromatic rings. The third kappa shape index (κ3) is 5.96. The topological polar surface area (TPSA) is 38.5 Å². The first-order valence-corrected chi connectivity index (χ1v) is 18.4. The fourth-order valence-electron chi connectivity index (χ4n) is 7.66. The average Bonchev–Trinajstić information content (AvgIpc) is 3.67. The number of furan rings is 1. The lowest BCUT2D eigenvalue weighted by molar-refractivity contribution is 0.483. The number of hydrogen-bond donors (Lipinski definition) is 0. The summed E-state index contributed by atoms with van der Waals surface area (Å²) in [5.74, 6) is 2.44. The molecule has 0 aliphatic heterocycles. The van der Waals surface area contributed by atoms with Crippen molar-refractivity contribution >= 4 is 49.6 Å². The van der Waals surface area contributed by atoms with Crippen LogP contribution in [0.3, 0.4) is 0 Å². The van der Waals surface area contributed by atoms with Crippen molar-refractivity contribution in [3.8, 4) is 45.1 Å². The van der Waals surface area contributed by atoms with Crippen LogP contribution < -0.4 is 9.64 Å². The van der Waals surface area contributed by atoms with Crippen molar-refractivity contribution in [1.82, 2.24) is 4.98 Å². The molecule has 4 nitrogen and oxygen atoms in total. The van der Waals surface area contributed by atoms with Gasteiger partial charge in [0.15, 0.2) is 0 Å². The lowest BCUT2D eigenvalue weighted by Crippen LogP contribution is -2.09. The minimum Gasteiger partial charge on any atom is -0.457 e. The zero-order valence-electron chi connectivity index (χ0n) is 29.8. The first kappa shape index (κ1) is 32.2. The Morgan fingerprint density at radius 3 is 1.49 bits per heavy atom. The number of ether oxygens (including phenoxy) is 1. The molecule has 8 aromatic carbocycles. The maximum atomic E-state index is 6.95. The molecule has 2 heterocycles. The van der Waals surface area contributed by atoms with E-state index < -0.39 is 0 Å². The fraction of sp³-hybridized carbons (Fsp3) is 0. The van der Waals surface area contributed by atoms with E-state index in [9.17, 15) is 0 Å². The van der Waals surface area contributed by atoms with Gasteiger partial charge in [-0.05, 0) is 106 Å². The monoisotopic (exact) mass is 706 g/mol. The molecule has 2 aromatic heterocycles. The van der Waals surface area contributed by atoms with Gasteiger partial charge in [-0.1, -0.05) is 121 Å². The van der Waals surface area contributed by atoms with Crippen LogP contribution in [-0.4, -0.2) is 4.98 Å². The number of fused-ring (bicyclic) bond motifs is 6. The molecule has 0 fully saturated rings. The standard InChI is InChI=1S/C51H34N2O2/c1-3-11-38(12-4-1)50-48(49-46-17-9-7-15-44(46)45-16-8-10-18-47(45)51(49)55-50)37-21-25-40(26-22-37)53(39-23-19-35(20-24-39)36-31-33-52-34-32-36)41-27-29-43(30-28-41)54-42-13-5-2-6-14-42/h1-34H. The number of anilines is 3. The molecule has 4 heteroatoms. The van der Waals surface area contributed by atoms with Gasteiger partial charge >= 0.3 is 0 Å². The van der Waals surface area contributed by atoms with Crippen molar-refractivity contribution < 1.29 is 9.15 Å². The Morgan fingerprint density at radius 2 is 0.855 bits per heavy atom. The molecule has 0 radical (unpaired) electrons. The first-order valence-electron chi connectivity index (χ1n) is 18.4. The van der Waals surface area contributed by atoms with Crippen LogP contribution in [0.15, 0.2) is 211 Å². The highest BCUT2D eigenvalue weighted by Gasteiger charge is 2.23. The molecular weight excluding hydrogens is 673 g/mol. The summed E-state index contributed by atoms with van der Waals surface area (Å²) in [6.45, 7) is 0. The van der Waals surface area contributed by atoms with Crippen molar-refractivity contribution in [3.05, 3.63) is 207 Å². The zero-order valence-corrected chi connectivity index (χ0v) is 29.8. The second-order valence-corrected chi connectivity index (χ2v) is 13.5. The van der Waals surface area contributed by atoms with Crippen LogP contribution in [0.4, 0.5) is 17.1 Å². The Hall–Kier alpha value is -7.43. The normalized spacial score (nSPS) is 11.3. The third-order valence-electron chi connectivity index (χ3n) is 10.2. The number of nitrogens with zero attached hydrogens (tertiary/aromatic N) is 2. The number of pyridine rings is 1. The van der Waals surface area contributed by atoms with E-state index in [0.29, 0.717) is 0 Å². The Bertz CT molecular complexity index is 2900. The van der Waals surface area contributed by atoms with E-state index >= 15 is 0 Å². The molecule has 0 atom stereocenters. The number of para-hydroxylation sites is 1. The van der Waals surface area contributed by atoms with Crippen molar-refractivity contribution in [2.45, 2.75) is 0 Å². The van der Waals surface area contributed by atoms with Gasteiger partial charge < -0.3 is 14.1 Å². The smallest absolute Gasteiger partial charge is 0.143 e. The van der Waals surface area contributed by atoms with Gasteiger partial charge in [-0.2, -0.15) is 0 Å². The van der Waals surface area contributed by atoms with Crippen molar-refractivity contribution in [2.24, 2.45) is 0 Å². The molecule has 260 valence electrons. The predicted molar refractivity (Wildman–Crippen MR) is 227 cm³/mol. The largest absolute Gasteiger partial charge is 0.457 e. The van der Waals surface area contributed by atoms with Crippen LogP contribution in [0, 0.1) is 0 Å². The highest BCUT2D eigenvalue weighted by Crippen LogP contribution is 2.48. The lowest BCUT2D eigenvalue weighted by Gasteiger charge is -2.26. The molecule has 0 aliphatic carbocycles. The molecule has 0 N–H and O–H groups in total. The van der Waals surface area contributed by atoms with Crippen LogP contribution in [-0.2, 0) is 0 Å². The minimum absolute atomic E-state index is 0.776. The Labute approximate surface area is 319 Å². The first-order chi connectivity index (χ1) is 27.3. The van der Waals surface area contributed by atoms with Crippen LogP contribution in [0.5, 0.6) is 11.5 Å². The highest BCUT2D eigenvalue weighted by atomic mass is 16.5. The molecule has 0 spiro atoms.